The van der Waals surface area contributed by atoms with E-state index in [1.54, 1.807) is 0 Å². The van der Waals surface area contributed by atoms with E-state index in [9.17, 15) is 4.79 Å². The molecule has 3 nitrogen and oxygen atoms in total. The van der Waals surface area contributed by atoms with E-state index in [1.807, 2.05) is 24.3 Å². The van der Waals surface area contributed by atoms with Gasteiger partial charge in [-0.25, -0.2) is 0 Å². The number of hydrogen-bond donors (Lipinski definition) is 2. The average molecular weight is 243 g/mol. The molecule has 0 radical (unpaired) electrons. The number of halogens is 1. The van der Waals surface area contributed by atoms with Crippen LogP contribution in [0.25, 0.3) is 0 Å². The van der Waals surface area contributed by atoms with Gasteiger partial charge in [-0.2, -0.15) is 0 Å². The molecule has 1 amide bonds. The van der Waals surface area contributed by atoms with Crippen LogP contribution in [0.2, 0.25) is 0 Å². The van der Waals surface area contributed by atoms with E-state index in [-0.39, 0.29) is 18.4 Å². The fourth-order valence-corrected chi connectivity index (χ4v) is 1.31. The van der Waals surface area contributed by atoms with Crippen LogP contribution in [0.4, 0.5) is 0 Å². The third-order valence-electron chi connectivity index (χ3n) is 1.72. The third kappa shape index (κ3) is 3.16. The Morgan fingerprint density at radius 3 is 2.38 bits per heavy atom. The summed E-state index contributed by atoms with van der Waals surface area (Å²) < 4.78 is 0.988. The van der Waals surface area contributed by atoms with Crippen LogP contribution in [-0.2, 0) is 4.79 Å². The summed E-state index contributed by atoms with van der Waals surface area (Å²) in [7, 11) is 0. The molecule has 0 aromatic heterocycles. The van der Waals surface area contributed by atoms with Crippen molar-refractivity contribution in [2.45, 2.75) is 12.5 Å². The molecule has 0 aliphatic rings. The lowest BCUT2D eigenvalue weighted by molar-refractivity contribution is -0.118. The van der Waals surface area contributed by atoms with E-state index in [1.165, 1.54) is 0 Å². The summed E-state index contributed by atoms with van der Waals surface area (Å²) in [6.45, 7) is 0. The highest BCUT2D eigenvalue weighted by Gasteiger charge is 2.08. The molecule has 1 rings (SSSR count). The average Bonchev–Trinajstić information content (AvgIpc) is 2.04. The SMILES string of the molecule is NC(=O)CC(N)c1ccc(Br)cc1. The molecule has 0 saturated heterocycles. The maximum Gasteiger partial charge on any atom is 0.219 e. The van der Waals surface area contributed by atoms with E-state index in [2.05, 4.69) is 15.9 Å². The van der Waals surface area contributed by atoms with Crippen LogP contribution in [0.15, 0.2) is 28.7 Å². The van der Waals surface area contributed by atoms with Crippen molar-refractivity contribution >= 4 is 21.8 Å². The lowest BCUT2D eigenvalue weighted by Gasteiger charge is -2.09. The van der Waals surface area contributed by atoms with Crippen LogP contribution in [0.3, 0.4) is 0 Å². The topological polar surface area (TPSA) is 69.1 Å². The van der Waals surface area contributed by atoms with Gasteiger partial charge in [0.25, 0.3) is 0 Å². The molecule has 0 fully saturated rings. The largest absolute Gasteiger partial charge is 0.370 e. The van der Waals surface area contributed by atoms with Crippen LogP contribution in [0.1, 0.15) is 18.0 Å². The van der Waals surface area contributed by atoms with Gasteiger partial charge in [-0.1, -0.05) is 28.1 Å². The van der Waals surface area contributed by atoms with E-state index in [0.29, 0.717) is 0 Å². The second kappa shape index (κ2) is 4.39. The van der Waals surface area contributed by atoms with Crippen molar-refractivity contribution < 1.29 is 4.79 Å². The van der Waals surface area contributed by atoms with Crippen molar-refractivity contribution in [3.8, 4) is 0 Å². The minimum absolute atomic E-state index is 0.182. The van der Waals surface area contributed by atoms with Gasteiger partial charge >= 0.3 is 0 Å². The summed E-state index contributed by atoms with van der Waals surface area (Å²) >= 11 is 3.31. The second-order valence-corrected chi connectivity index (χ2v) is 3.74. The monoisotopic (exact) mass is 242 g/mol. The number of primary amides is 1. The first-order chi connectivity index (χ1) is 6.09. The van der Waals surface area contributed by atoms with Crippen molar-refractivity contribution in [2.24, 2.45) is 11.5 Å². The lowest BCUT2D eigenvalue weighted by atomic mass is 10.1. The minimum atomic E-state index is -0.379. The Hall–Kier alpha value is -0.870. The highest BCUT2D eigenvalue weighted by Crippen LogP contribution is 2.16. The van der Waals surface area contributed by atoms with Gasteiger partial charge in [0.2, 0.25) is 5.91 Å². The Morgan fingerprint density at radius 1 is 1.38 bits per heavy atom. The zero-order valence-electron chi connectivity index (χ0n) is 7.03. The highest BCUT2D eigenvalue weighted by molar-refractivity contribution is 9.10. The van der Waals surface area contributed by atoms with Crippen LogP contribution >= 0.6 is 15.9 Å². The fraction of sp³-hybridized carbons (Fsp3) is 0.222. The molecular formula is C9H11BrN2O. The number of benzene rings is 1. The standard InChI is InChI=1S/C9H11BrN2O/c10-7-3-1-6(2-4-7)8(11)5-9(12)13/h1-4,8H,5,11H2,(H2,12,13). The van der Waals surface area contributed by atoms with E-state index < -0.39 is 0 Å². The number of amides is 1. The molecule has 1 aromatic carbocycles. The normalized spacial score (nSPS) is 12.5. The summed E-state index contributed by atoms with van der Waals surface area (Å²) in [5.41, 5.74) is 11.7. The van der Waals surface area contributed by atoms with Crippen molar-refractivity contribution in [1.29, 1.82) is 0 Å². The van der Waals surface area contributed by atoms with Gasteiger partial charge in [0.05, 0.1) is 0 Å². The van der Waals surface area contributed by atoms with Crippen LogP contribution in [-0.4, -0.2) is 5.91 Å². The molecule has 0 bridgehead atoms. The number of carbonyl (C=O) groups excluding carboxylic acids is 1. The summed E-state index contributed by atoms with van der Waals surface area (Å²) in [4.78, 5) is 10.6. The second-order valence-electron chi connectivity index (χ2n) is 2.83. The fourth-order valence-electron chi connectivity index (χ4n) is 1.04. The van der Waals surface area contributed by atoms with Gasteiger partial charge in [-0.3, -0.25) is 4.79 Å². The van der Waals surface area contributed by atoms with Gasteiger partial charge in [-0.15, -0.1) is 0 Å². The molecular weight excluding hydrogens is 232 g/mol. The maximum atomic E-state index is 10.6. The first-order valence-electron chi connectivity index (χ1n) is 3.89. The number of rotatable bonds is 3. The van der Waals surface area contributed by atoms with Crippen molar-refractivity contribution in [3.05, 3.63) is 34.3 Å². The third-order valence-corrected chi connectivity index (χ3v) is 2.25. The predicted octanol–water partition coefficient (Wildman–Crippen LogP) is 1.32. The maximum absolute atomic E-state index is 10.6. The van der Waals surface area contributed by atoms with Crippen molar-refractivity contribution in [3.63, 3.8) is 0 Å². The molecule has 4 N–H and O–H groups in total. The Kier molecular flexibility index (Phi) is 3.45. The Morgan fingerprint density at radius 2 is 1.92 bits per heavy atom. The summed E-state index contributed by atoms with van der Waals surface area (Å²) in [6.07, 6.45) is 0.182. The van der Waals surface area contributed by atoms with E-state index in [4.69, 9.17) is 11.5 Å². The van der Waals surface area contributed by atoms with Crippen molar-refractivity contribution in [1.82, 2.24) is 0 Å². The molecule has 0 aliphatic carbocycles. The minimum Gasteiger partial charge on any atom is -0.370 e. The van der Waals surface area contributed by atoms with E-state index in [0.717, 1.165) is 10.0 Å². The molecule has 1 unspecified atom stereocenters. The summed E-state index contributed by atoms with van der Waals surface area (Å²) in [5, 5.41) is 0. The lowest BCUT2D eigenvalue weighted by Crippen LogP contribution is -2.20. The highest BCUT2D eigenvalue weighted by atomic mass is 79.9. The molecule has 13 heavy (non-hydrogen) atoms. The molecule has 70 valence electrons. The van der Waals surface area contributed by atoms with Crippen LogP contribution < -0.4 is 11.5 Å². The summed E-state index contributed by atoms with van der Waals surface area (Å²) in [6, 6.07) is 7.22. The van der Waals surface area contributed by atoms with Gasteiger partial charge in [0, 0.05) is 16.9 Å². The predicted molar refractivity (Wildman–Crippen MR) is 54.9 cm³/mol. The zero-order chi connectivity index (χ0) is 9.84. The smallest absolute Gasteiger partial charge is 0.219 e. The Labute approximate surface area is 85.2 Å². The molecule has 0 heterocycles. The van der Waals surface area contributed by atoms with E-state index >= 15 is 0 Å². The van der Waals surface area contributed by atoms with Gasteiger partial charge in [0.15, 0.2) is 0 Å². The van der Waals surface area contributed by atoms with Gasteiger partial charge in [0.1, 0.15) is 0 Å². The quantitative estimate of drug-likeness (QED) is 0.840. The van der Waals surface area contributed by atoms with Gasteiger partial charge in [-0.05, 0) is 17.7 Å². The molecule has 0 aliphatic heterocycles. The van der Waals surface area contributed by atoms with Gasteiger partial charge < -0.3 is 11.5 Å². The van der Waals surface area contributed by atoms with Crippen LogP contribution in [0, 0.1) is 0 Å². The van der Waals surface area contributed by atoms with Crippen molar-refractivity contribution in [2.75, 3.05) is 0 Å². The number of nitrogens with two attached hydrogens (primary N) is 2. The number of carbonyl (C=O) groups is 1. The Bertz CT molecular complexity index is 297. The van der Waals surface area contributed by atoms with Crippen LogP contribution in [0.5, 0.6) is 0 Å². The first-order valence-corrected chi connectivity index (χ1v) is 4.68. The molecule has 0 saturated carbocycles. The summed E-state index contributed by atoms with van der Waals surface area (Å²) in [5.74, 6) is -0.379. The molecule has 1 atom stereocenters. The first kappa shape index (κ1) is 10.2. The Balaban J connectivity index is 2.71. The molecule has 4 heteroatoms. The number of hydrogen-bond acceptors (Lipinski definition) is 2. The zero-order valence-corrected chi connectivity index (χ0v) is 8.62. The molecule has 1 aromatic rings. The molecule has 0 spiro atoms.